The minimum Gasteiger partial charge on any atom is -0.257 e. The molecule has 5 heteroatoms. The van der Waals surface area contributed by atoms with Gasteiger partial charge in [-0.15, -0.1) is 0 Å². The summed E-state index contributed by atoms with van der Waals surface area (Å²) in [6, 6.07) is 7.80. The molecule has 0 saturated carbocycles. The van der Waals surface area contributed by atoms with E-state index >= 15 is 0 Å². The van der Waals surface area contributed by atoms with Crippen LogP contribution in [0.3, 0.4) is 0 Å². The highest BCUT2D eigenvalue weighted by atomic mass is 32.2. The SMILES string of the molecule is CC1CCN(S(=O)(=O)N2CCc3ccccc32)CC1. The topological polar surface area (TPSA) is 40.6 Å². The Morgan fingerprint density at radius 2 is 1.79 bits per heavy atom. The second-order valence-corrected chi connectivity index (χ2v) is 7.39. The van der Waals surface area contributed by atoms with E-state index in [9.17, 15) is 8.42 Å². The van der Waals surface area contributed by atoms with Gasteiger partial charge in [-0.1, -0.05) is 25.1 Å². The molecule has 1 saturated heterocycles. The maximum atomic E-state index is 12.7. The lowest BCUT2D eigenvalue weighted by molar-refractivity contribution is 0.287. The first-order chi connectivity index (χ1) is 9.09. The standard InChI is InChI=1S/C14H20N2O2S/c1-12-6-9-15(10-7-12)19(17,18)16-11-8-13-4-2-3-5-14(13)16/h2-5,12H,6-11H2,1H3. The maximum absolute atomic E-state index is 12.7. The van der Waals surface area contributed by atoms with Crippen LogP contribution in [0.5, 0.6) is 0 Å². The summed E-state index contributed by atoms with van der Waals surface area (Å²) in [6.07, 6.45) is 2.75. The van der Waals surface area contributed by atoms with E-state index in [4.69, 9.17) is 0 Å². The Hall–Kier alpha value is -1.07. The predicted molar refractivity (Wildman–Crippen MR) is 76.4 cm³/mol. The van der Waals surface area contributed by atoms with E-state index in [2.05, 4.69) is 6.92 Å². The van der Waals surface area contributed by atoms with E-state index in [1.807, 2.05) is 24.3 Å². The number of hydrogen-bond donors (Lipinski definition) is 0. The van der Waals surface area contributed by atoms with Crippen LogP contribution in [-0.4, -0.2) is 32.4 Å². The number of rotatable bonds is 2. The highest BCUT2D eigenvalue weighted by Crippen LogP contribution is 2.32. The van der Waals surface area contributed by atoms with Crippen molar-refractivity contribution >= 4 is 15.9 Å². The molecule has 0 bridgehead atoms. The first kappa shape index (κ1) is 12.9. The summed E-state index contributed by atoms with van der Waals surface area (Å²) >= 11 is 0. The molecule has 2 aliphatic heterocycles. The Bertz CT molecular complexity index is 563. The van der Waals surface area contributed by atoms with E-state index in [-0.39, 0.29) is 0 Å². The zero-order chi connectivity index (χ0) is 13.5. The fourth-order valence-corrected chi connectivity index (χ4v) is 4.60. The molecule has 2 heterocycles. The summed E-state index contributed by atoms with van der Waals surface area (Å²) in [5, 5.41) is 0. The largest absolute Gasteiger partial charge is 0.304 e. The summed E-state index contributed by atoms with van der Waals surface area (Å²) in [7, 11) is -3.33. The minimum absolute atomic E-state index is 0.577. The maximum Gasteiger partial charge on any atom is 0.304 e. The molecule has 0 aliphatic carbocycles. The molecule has 19 heavy (non-hydrogen) atoms. The van der Waals surface area contributed by atoms with Crippen molar-refractivity contribution in [3.63, 3.8) is 0 Å². The van der Waals surface area contributed by atoms with Gasteiger partial charge < -0.3 is 0 Å². The lowest BCUT2D eigenvalue weighted by atomic mass is 10.0. The molecule has 0 spiro atoms. The number of anilines is 1. The van der Waals surface area contributed by atoms with Gasteiger partial charge in [-0.05, 0) is 36.8 Å². The summed E-state index contributed by atoms with van der Waals surface area (Å²) < 4.78 is 28.6. The second-order valence-electron chi connectivity index (χ2n) is 5.54. The average Bonchev–Trinajstić information content (AvgIpc) is 2.83. The number of para-hydroxylation sites is 1. The van der Waals surface area contributed by atoms with Crippen molar-refractivity contribution < 1.29 is 8.42 Å². The molecule has 0 aromatic heterocycles. The average molecular weight is 280 g/mol. The number of nitrogens with zero attached hydrogens (tertiary/aromatic N) is 2. The Kier molecular flexibility index (Phi) is 3.27. The molecule has 0 amide bonds. The van der Waals surface area contributed by atoms with Crippen LogP contribution in [0.15, 0.2) is 24.3 Å². The van der Waals surface area contributed by atoms with E-state index in [1.165, 1.54) is 0 Å². The van der Waals surface area contributed by atoms with Gasteiger partial charge in [-0.2, -0.15) is 12.7 Å². The van der Waals surface area contributed by atoms with Gasteiger partial charge in [0, 0.05) is 19.6 Å². The van der Waals surface area contributed by atoms with Gasteiger partial charge in [0.2, 0.25) is 0 Å². The molecule has 0 atom stereocenters. The van der Waals surface area contributed by atoms with E-state index in [0.717, 1.165) is 30.5 Å². The van der Waals surface area contributed by atoms with Crippen LogP contribution >= 0.6 is 0 Å². The Labute approximate surface area is 115 Å². The van der Waals surface area contributed by atoms with Crippen molar-refractivity contribution in [2.75, 3.05) is 23.9 Å². The zero-order valence-electron chi connectivity index (χ0n) is 11.2. The molecule has 0 unspecified atom stereocenters. The van der Waals surface area contributed by atoms with Crippen molar-refractivity contribution in [3.8, 4) is 0 Å². The molecule has 0 radical (unpaired) electrons. The Morgan fingerprint density at radius 3 is 2.53 bits per heavy atom. The van der Waals surface area contributed by atoms with Crippen molar-refractivity contribution in [2.45, 2.75) is 26.2 Å². The predicted octanol–water partition coefficient (Wildman–Crippen LogP) is 2.03. The number of hydrogen-bond acceptors (Lipinski definition) is 2. The molecule has 1 aromatic carbocycles. The second kappa shape index (κ2) is 4.80. The van der Waals surface area contributed by atoms with Gasteiger partial charge in [-0.3, -0.25) is 4.31 Å². The highest BCUT2D eigenvalue weighted by molar-refractivity contribution is 7.90. The molecular formula is C14H20N2O2S. The number of benzene rings is 1. The molecule has 2 aliphatic rings. The minimum atomic E-state index is -3.33. The quantitative estimate of drug-likeness (QED) is 0.831. The van der Waals surface area contributed by atoms with Crippen LogP contribution in [0.25, 0.3) is 0 Å². The molecule has 1 fully saturated rings. The molecule has 1 aromatic rings. The fourth-order valence-electron chi connectivity index (χ4n) is 2.90. The van der Waals surface area contributed by atoms with Crippen LogP contribution < -0.4 is 4.31 Å². The molecule has 104 valence electrons. The van der Waals surface area contributed by atoms with Gasteiger partial charge in [0.1, 0.15) is 0 Å². The molecule has 0 N–H and O–H groups in total. The van der Waals surface area contributed by atoms with Crippen LogP contribution in [0.2, 0.25) is 0 Å². The third-order valence-electron chi connectivity index (χ3n) is 4.19. The van der Waals surface area contributed by atoms with Crippen LogP contribution in [0.4, 0.5) is 5.69 Å². The molecular weight excluding hydrogens is 260 g/mol. The fraction of sp³-hybridized carbons (Fsp3) is 0.571. The Morgan fingerprint density at radius 1 is 1.11 bits per heavy atom. The monoisotopic (exact) mass is 280 g/mol. The van der Waals surface area contributed by atoms with Gasteiger partial charge in [0.15, 0.2) is 0 Å². The smallest absolute Gasteiger partial charge is 0.257 e. The van der Waals surface area contributed by atoms with Gasteiger partial charge in [0.25, 0.3) is 0 Å². The van der Waals surface area contributed by atoms with Crippen molar-refractivity contribution in [1.29, 1.82) is 0 Å². The number of fused-ring (bicyclic) bond motifs is 1. The van der Waals surface area contributed by atoms with E-state index < -0.39 is 10.2 Å². The third kappa shape index (κ3) is 2.25. The van der Waals surface area contributed by atoms with Crippen molar-refractivity contribution in [2.24, 2.45) is 5.92 Å². The third-order valence-corrected chi connectivity index (χ3v) is 6.15. The van der Waals surface area contributed by atoms with Crippen molar-refractivity contribution in [3.05, 3.63) is 29.8 Å². The lowest BCUT2D eigenvalue weighted by Gasteiger charge is -2.33. The van der Waals surface area contributed by atoms with Crippen LogP contribution in [-0.2, 0) is 16.6 Å². The first-order valence-corrected chi connectivity index (χ1v) is 8.34. The Balaban J connectivity index is 1.86. The summed E-state index contributed by atoms with van der Waals surface area (Å²) in [4.78, 5) is 0. The lowest BCUT2D eigenvalue weighted by Crippen LogP contribution is -2.46. The van der Waals surface area contributed by atoms with Crippen LogP contribution in [0.1, 0.15) is 25.3 Å². The zero-order valence-corrected chi connectivity index (χ0v) is 12.1. The summed E-state index contributed by atoms with van der Waals surface area (Å²) in [6.45, 7) is 4.08. The van der Waals surface area contributed by atoms with Crippen molar-refractivity contribution in [1.82, 2.24) is 4.31 Å². The summed E-state index contributed by atoms with van der Waals surface area (Å²) in [5.74, 6) is 0.636. The van der Waals surface area contributed by atoms with Gasteiger partial charge in [-0.25, -0.2) is 0 Å². The van der Waals surface area contributed by atoms with E-state index in [1.54, 1.807) is 8.61 Å². The van der Waals surface area contributed by atoms with E-state index in [0.29, 0.717) is 25.6 Å². The summed E-state index contributed by atoms with van der Waals surface area (Å²) in [5.41, 5.74) is 2.00. The van der Waals surface area contributed by atoms with Gasteiger partial charge >= 0.3 is 10.2 Å². The molecule has 3 rings (SSSR count). The van der Waals surface area contributed by atoms with Crippen LogP contribution in [0, 0.1) is 5.92 Å². The normalized spacial score (nSPS) is 21.6. The highest BCUT2D eigenvalue weighted by Gasteiger charge is 2.35. The first-order valence-electron chi connectivity index (χ1n) is 6.95. The number of piperidine rings is 1. The van der Waals surface area contributed by atoms with Gasteiger partial charge in [0.05, 0.1) is 5.69 Å². The molecule has 4 nitrogen and oxygen atoms in total.